The van der Waals surface area contributed by atoms with Gasteiger partial charge in [-0.3, -0.25) is 4.79 Å². The molecule has 108 valence electrons. The quantitative estimate of drug-likeness (QED) is 0.876. The van der Waals surface area contributed by atoms with Crippen molar-refractivity contribution < 1.29 is 4.79 Å². The van der Waals surface area contributed by atoms with Crippen LogP contribution in [0.3, 0.4) is 0 Å². The molecule has 1 unspecified atom stereocenters. The van der Waals surface area contributed by atoms with Gasteiger partial charge in [0.2, 0.25) is 5.91 Å². The van der Waals surface area contributed by atoms with Crippen molar-refractivity contribution in [2.45, 2.75) is 25.7 Å². The number of hydrogen-bond acceptors (Lipinski definition) is 4. The molecule has 0 radical (unpaired) electrons. The fourth-order valence-electron chi connectivity index (χ4n) is 2.96. The van der Waals surface area contributed by atoms with Crippen LogP contribution < -0.4 is 15.5 Å². The van der Waals surface area contributed by atoms with Crippen molar-refractivity contribution in [3.8, 4) is 0 Å². The Hall–Kier alpha value is -1.62. The molecule has 2 N–H and O–H groups in total. The molecule has 2 aliphatic rings. The van der Waals surface area contributed by atoms with Gasteiger partial charge in [-0.1, -0.05) is 0 Å². The molecule has 1 aromatic rings. The molecule has 20 heavy (non-hydrogen) atoms. The number of hydrogen-bond donors (Lipinski definition) is 2. The van der Waals surface area contributed by atoms with Gasteiger partial charge in [-0.15, -0.1) is 0 Å². The van der Waals surface area contributed by atoms with E-state index in [0.717, 1.165) is 44.1 Å². The molecule has 2 saturated heterocycles. The van der Waals surface area contributed by atoms with E-state index in [0.29, 0.717) is 12.3 Å². The summed E-state index contributed by atoms with van der Waals surface area (Å²) in [7, 11) is 0. The van der Waals surface area contributed by atoms with Crippen molar-refractivity contribution in [2.24, 2.45) is 5.92 Å². The Bertz CT molecular complexity index is 447. The predicted octanol–water partition coefficient (Wildman–Crippen LogP) is 1.62. The largest absolute Gasteiger partial charge is 0.357 e. The first-order chi connectivity index (χ1) is 9.81. The van der Waals surface area contributed by atoms with Gasteiger partial charge < -0.3 is 15.5 Å². The standard InChI is InChI=1S/C15H22N4O/c20-15(9-12-5-6-16-10-12)18-13-3-4-14(17-11-13)19-7-1-2-8-19/h3-4,11-12,16H,1-2,5-10H2,(H,18,20). The summed E-state index contributed by atoms with van der Waals surface area (Å²) >= 11 is 0. The third-order valence-electron chi connectivity index (χ3n) is 4.10. The molecule has 3 rings (SSSR count). The number of carbonyl (C=O) groups excluding carboxylic acids is 1. The molecule has 1 atom stereocenters. The number of carbonyl (C=O) groups is 1. The lowest BCUT2D eigenvalue weighted by atomic mass is 10.0. The van der Waals surface area contributed by atoms with E-state index in [2.05, 4.69) is 20.5 Å². The van der Waals surface area contributed by atoms with Gasteiger partial charge >= 0.3 is 0 Å². The van der Waals surface area contributed by atoms with Crippen LogP contribution in [0.25, 0.3) is 0 Å². The molecule has 3 heterocycles. The van der Waals surface area contributed by atoms with E-state index in [9.17, 15) is 4.79 Å². The molecule has 0 spiro atoms. The van der Waals surface area contributed by atoms with E-state index in [1.165, 1.54) is 12.8 Å². The van der Waals surface area contributed by atoms with Gasteiger partial charge in [0.05, 0.1) is 11.9 Å². The first kappa shape index (κ1) is 13.4. The van der Waals surface area contributed by atoms with Crippen molar-refractivity contribution in [1.82, 2.24) is 10.3 Å². The summed E-state index contributed by atoms with van der Waals surface area (Å²) in [5.41, 5.74) is 0.795. The summed E-state index contributed by atoms with van der Waals surface area (Å²) in [6, 6.07) is 3.95. The summed E-state index contributed by atoms with van der Waals surface area (Å²) in [6.07, 6.45) is 5.95. The Morgan fingerprint density at radius 1 is 1.40 bits per heavy atom. The Morgan fingerprint density at radius 2 is 2.25 bits per heavy atom. The van der Waals surface area contributed by atoms with E-state index in [4.69, 9.17) is 0 Å². The summed E-state index contributed by atoms with van der Waals surface area (Å²) in [5.74, 6) is 1.58. The van der Waals surface area contributed by atoms with E-state index in [1.807, 2.05) is 12.1 Å². The molecule has 0 aromatic carbocycles. The second-order valence-corrected chi connectivity index (χ2v) is 5.71. The summed E-state index contributed by atoms with van der Waals surface area (Å²) in [5, 5.41) is 6.22. The Morgan fingerprint density at radius 3 is 2.90 bits per heavy atom. The average molecular weight is 274 g/mol. The van der Waals surface area contributed by atoms with Gasteiger partial charge in [0, 0.05) is 19.5 Å². The topological polar surface area (TPSA) is 57.3 Å². The zero-order valence-corrected chi connectivity index (χ0v) is 11.8. The molecule has 5 nitrogen and oxygen atoms in total. The SMILES string of the molecule is O=C(CC1CCNC1)Nc1ccc(N2CCCC2)nc1. The highest BCUT2D eigenvalue weighted by molar-refractivity contribution is 5.90. The second kappa shape index (κ2) is 6.22. The van der Waals surface area contributed by atoms with Crippen molar-refractivity contribution in [2.75, 3.05) is 36.4 Å². The highest BCUT2D eigenvalue weighted by Crippen LogP contribution is 2.19. The highest BCUT2D eigenvalue weighted by atomic mass is 16.1. The maximum atomic E-state index is 11.9. The van der Waals surface area contributed by atoms with Crippen LogP contribution in [0.4, 0.5) is 11.5 Å². The van der Waals surface area contributed by atoms with Gasteiger partial charge in [0.15, 0.2) is 0 Å². The minimum Gasteiger partial charge on any atom is -0.357 e. The summed E-state index contributed by atoms with van der Waals surface area (Å²) in [4.78, 5) is 18.7. The first-order valence-electron chi connectivity index (χ1n) is 7.53. The number of amides is 1. The lowest BCUT2D eigenvalue weighted by molar-refractivity contribution is -0.116. The molecule has 0 aliphatic carbocycles. The molecule has 2 aliphatic heterocycles. The third kappa shape index (κ3) is 3.28. The first-order valence-corrected chi connectivity index (χ1v) is 7.53. The fourth-order valence-corrected chi connectivity index (χ4v) is 2.96. The third-order valence-corrected chi connectivity index (χ3v) is 4.10. The van der Waals surface area contributed by atoms with Crippen LogP contribution in [-0.2, 0) is 4.79 Å². The lowest BCUT2D eigenvalue weighted by Crippen LogP contribution is -2.20. The van der Waals surface area contributed by atoms with Gasteiger partial charge in [0.1, 0.15) is 5.82 Å². The number of nitrogens with zero attached hydrogens (tertiary/aromatic N) is 2. The number of aromatic nitrogens is 1. The number of rotatable bonds is 4. The van der Waals surface area contributed by atoms with Gasteiger partial charge in [-0.05, 0) is 50.4 Å². The summed E-state index contributed by atoms with van der Waals surface area (Å²) in [6.45, 7) is 4.17. The molecular weight excluding hydrogens is 252 g/mol. The molecule has 5 heteroatoms. The van der Waals surface area contributed by atoms with Crippen LogP contribution in [0.1, 0.15) is 25.7 Å². The van der Waals surface area contributed by atoms with Crippen molar-refractivity contribution in [3.05, 3.63) is 18.3 Å². The minimum absolute atomic E-state index is 0.0921. The van der Waals surface area contributed by atoms with Crippen LogP contribution in [-0.4, -0.2) is 37.1 Å². The Kier molecular flexibility index (Phi) is 4.16. The maximum Gasteiger partial charge on any atom is 0.224 e. The van der Waals surface area contributed by atoms with Crippen LogP contribution >= 0.6 is 0 Å². The molecule has 2 fully saturated rings. The number of pyridine rings is 1. The lowest BCUT2D eigenvalue weighted by Gasteiger charge is -2.16. The molecule has 0 bridgehead atoms. The fraction of sp³-hybridized carbons (Fsp3) is 0.600. The molecule has 1 amide bonds. The van der Waals surface area contributed by atoms with E-state index >= 15 is 0 Å². The van der Waals surface area contributed by atoms with Crippen LogP contribution in [0.5, 0.6) is 0 Å². The predicted molar refractivity (Wildman–Crippen MR) is 79.9 cm³/mol. The van der Waals surface area contributed by atoms with Crippen molar-refractivity contribution >= 4 is 17.4 Å². The molecular formula is C15H22N4O. The van der Waals surface area contributed by atoms with E-state index in [-0.39, 0.29) is 5.91 Å². The second-order valence-electron chi connectivity index (χ2n) is 5.71. The van der Waals surface area contributed by atoms with Crippen LogP contribution in [0.15, 0.2) is 18.3 Å². The molecule has 0 saturated carbocycles. The number of anilines is 2. The Labute approximate surface area is 119 Å². The average Bonchev–Trinajstić information content (AvgIpc) is 3.12. The highest BCUT2D eigenvalue weighted by Gasteiger charge is 2.18. The van der Waals surface area contributed by atoms with Gasteiger partial charge in [0.25, 0.3) is 0 Å². The monoisotopic (exact) mass is 274 g/mol. The van der Waals surface area contributed by atoms with E-state index in [1.54, 1.807) is 6.20 Å². The van der Waals surface area contributed by atoms with Crippen LogP contribution in [0, 0.1) is 5.92 Å². The van der Waals surface area contributed by atoms with E-state index < -0.39 is 0 Å². The van der Waals surface area contributed by atoms with Crippen LogP contribution in [0.2, 0.25) is 0 Å². The number of nitrogens with one attached hydrogen (secondary N) is 2. The zero-order valence-electron chi connectivity index (χ0n) is 11.8. The summed E-state index contributed by atoms with van der Waals surface area (Å²) < 4.78 is 0. The Balaban J connectivity index is 1.53. The minimum atomic E-state index is 0.0921. The normalized spacial score (nSPS) is 22.2. The maximum absolute atomic E-state index is 11.9. The zero-order chi connectivity index (χ0) is 13.8. The van der Waals surface area contributed by atoms with Gasteiger partial charge in [-0.2, -0.15) is 0 Å². The smallest absolute Gasteiger partial charge is 0.224 e. The van der Waals surface area contributed by atoms with Crippen molar-refractivity contribution in [3.63, 3.8) is 0 Å². The van der Waals surface area contributed by atoms with Crippen molar-refractivity contribution in [1.29, 1.82) is 0 Å². The molecule has 1 aromatic heterocycles. The van der Waals surface area contributed by atoms with Gasteiger partial charge in [-0.25, -0.2) is 4.98 Å².